The maximum Gasteiger partial charge on any atom is 0.284 e. The van der Waals surface area contributed by atoms with E-state index in [4.69, 9.17) is 9.15 Å². The van der Waals surface area contributed by atoms with Gasteiger partial charge in [0.2, 0.25) is 0 Å². The third-order valence-electron chi connectivity index (χ3n) is 0.994. The summed E-state index contributed by atoms with van der Waals surface area (Å²) in [7, 11) is 1.57. The maximum atomic E-state index is 5.08. The molecule has 50 valence electrons. The van der Waals surface area contributed by atoms with Gasteiger partial charge in [-0.1, -0.05) is 0 Å². The van der Waals surface area contributed by atoms with Crippen LogP contribution >= 0.6 is 12.6 Å². The van der Waals surface area contributed by atoms with Crippen LogP contribution < -0.4 is 4.74 Å². The number of furan rings is 1. The lowest BCUT2D eigenvalue weighted by atomic mass is 10.5. The third kappa shape index (κ3) is 1.42. The summed E-state index contributed by atoms with van der Waals surface area (Å²) in [4.78, 5) is 0. The number of hydrogen-bond donors (Lipinski definition) is 1. The van der Waals surface area contributed by atoms with Crippen molar-refractivity contribution in [2.75, 3.05) is 7.11 Å². The highest BCUT2D eigenvalue weighted by molar-refractivity contribution is 7.79. The zero-order chi connectivity index (χ0) is 6.69. The molecule has 0 fully saturated rings. The molecule has 0 aliphatic carbocycles. The lowest BCUT2D eigenvalue weighted by Gasteiger charge is -1.89. The van der Waals surface area contributed by atoms with Gasteiger partial charge in [-0.15, -0.1) is 0 Å². The summed E-state index contributed by atoms with van der Waals surface area (Å²) in [5.41, 5.74) is 0. The van der Waals surface area contributed by atoms with Crippen LogP contribution in [0.1, 0.15) is 5.76 Å². The fourth-order valence-electron chi connectivity index (χ4n) is 0.553. The third-order valence-corrected chi connectivity index (χ3v) is 1.31. The van der Waals surface area contributed by atoms with E-state index in [1.165, 1.54) is 0 Å². The summed E-state index contributed by atoms with van der Waals surface area (Å²) in [6.07, 6.45) is 0. The predicted molar refractivity (Wildman–Crippen MR) is 38.0 cm³/mol. The number of methoxy groups -OCH3 is 1. The lowest BCUT2D eigenvalue weighted by Crippen LogP contribution is -1.76. The van der Waals surface area contributed by atoms with Crippen molar-refractivity contribution in [1.29, 1.82) is 0 Å². The van der Waals surface area contributed by atoms with Gasteiger partial charge in [0.05, 0.1) is 7.11 Å². The van der Waals surface area contributed by atoms with Crippen LogP contribution in [0.25, 0.3) is 0 Å². The number of thiol groups is 1. The molecule has 0 aliphatic heterocycles. The van der Waals surface area contributed by atoms with Gasteiger partial charge < -0.3 is 9.15 Å². The molecule has 0 spiro atoms. The molecule has 3 heteroatoms. The zero-order valence-corrected chi connectivity index (χ0v) is 6.02. The first-order valence-corrected chi connectivity index (χ1v) is 3.23. The van der Waals surface area contributed by atoms with Crippen molar-refractivity contribution in [2.24, 2.45) is 0 Å². The van der Waals surface area contributed by atoms with Gasteiger partial charge in [-0.2, -0.15) is 12.6 Å². The molecule has 0 aliphatic rings. The van der Waals surface area contributed by atoms with E-state index in [0.717, 1.165) is 5.76 Å². The van der Waals surface area contributed by atoms with Crippen molar-refractivity contribution >= 4 is 12.6 Å². The monoisotopic (exact) mass is 144 g/mol. The van der Waals surface area contributed by atoms with Crippen molar-refractivity contribution in [3.05, 3.63) is 17.9 Å². The Morgan fingerprint density at radius 2 is 2.44 bits per heavy atom. The maximum absolute atomic E-state index is 5.08. The minimum atomic E-state index is 0.541. The van der Waals surface area contributed by atoms with Gasteiger partial charge in [0.15, 0.2) is 0 Å². The number of ether oxygens (including phenoxy) is 1. The number of hydrogen-bond acceptors (Lipinski definition) is 3. The highest BCUT2D eigenvalue weighted by Gasteiger charge is 1.96. The van der Waals surface area contributed by atoms with Crippen LogP contribution in [0.15, 0.2) is 16.5 Å². The molecule has 0 unspecified atom stereocenters. The van der Waals surface area contributed by atoms with Crippen LogP contribution in [0.3, 0.4) is 0 Å². The molecular formula is C6H8O2S. The van der Waals surface area contributed by atoms with Crippen LogP contribution in [-0.4, -0.2) is 7.11 Å². The molecule has 0 bridgehead atoms. The van der Waals surface area contributed by atoms with Crippen LogP contribution in [0.4, 0.5) is 0 Å². The van der Waals surface area contributed by atoms with Gasteiger partial charge in [-0.25, -0.2) is 0 Å². The number of rotatable bonds is 2. The molecule has 1 heterocycles. The van der Waals surface area contributed by atoms with Gasteiger partial charge in [0, 0.05) is 11.8 Å². The molecule has 0 radical (unpaired) electrons. The quantitative estimate of drug-likeness (QED) is 0.638. The normalized spacial score (nSPS) is 9.56. The van der Waals surface area contributed by atoms with Crippen molar-refractivity contribution in [3.63, 3.8) is 0 Å². The molecular weight excluding hydrogens is 136 g/mol. The predicted octanol–water partition coefficient (Wildman–Crippen LogP) is 1.72. The second-order valence-corrected chi connectivity index (χ2v) is 1.90. The Hall–Kier alpha value is -0.570. The topological polar surface area (TPSA) is 22.4 Å². The van der Waals surface area contributed by atoms with Crippen molar-refractivity contribution in [3.8, 4) is 5.95 Å². The zero-order valence-electron chi connectivity index (χ0n) is 5.13. The van der Waals surface area contributed by atoms with E-state index >= 15 is 0 Å². The van der Waals surface area contributed by atoms with E-state index in [9.17, 15) is 0 Å². The molecule has 0 atom stereocenters. The Kier molecular flexibility index (Phi) is 2.05. The summed E-state index contributed by atoms with van der Waals surface area (Å²) >= 11 is 4.01. The second-order valence-electron chi connectivity index (χ2n) is 1.58. The molecule has 1 aromatic heterocycles. The van der Waals surface area contributed by atoms with Crippen LogP contribution in [0, 0.1) is 0 Å². The largest absolute Gasteiger partial charge is 0.468 e. The van der Waals surface area contributed by atoms with Gasteiger partial charge in [-0.3, -0.25) is 0 Å². The summed E-state index contributed by atoms with van der Waals surface area (Å²) in [5, 5.41) is 0. The van der Waals surface area contributed by atoms with Gasteiger partial charge >= 0.3 is 0 Å². The van der Waals surface area contributed by atoms with E-state index in [1.807, 2.05) is 6.07 Å². The minimum absolute atomic E-state index is 0.541. The molecule has 1 rings (SSSR count). The molecule has 1 aromatic rings. The highest BCUT2D eigenvalue weighted by Crippen LogP contribution is 2.15. The van der Waals surface area contributed by atoms with Gasteiger partial charge in [-0.05, 0) is 6.07 Å². The first-order valence-electron chi connectivity index (χ1n) is 2.60. The van der Waals surface area contributed by atoms with Crippen LogP contribution in [-0.2, 0) is 5.75 Å². The van der Waals surface area contributed by atoms with Gasteiger partial charge in [0.1, 0.15) is 5.76 Å². The van der Waals surface area contributed by atoms with Crippen molar-refractivity contribution in [1.82, 2.24) is 0 Å². The Bertz CT molecular complexity index is 164. The van der Waals surface area contributed by atoms with E-state index in [0.29, 0.717) is 11.7 Å². The fourth-order valence-corrected chi connectivity index (χ4v) is 0.723. The van der Waals surface area contributed by atoms with Gasteiger partial charge in [0.25, 0.3) is 5.95 Å². The smallest absolute Gasteiger partial charge is 0.284 e. The molecule has 0 aromatic carbocycles. The summed E-state index contributed by atoms with van der Waals surface area (Å²) in [5.74, 6) is 1.98. The molecule has 0 saturated carbocycles. The van der Waals surface area contributed by atoms with Crippen LogP contribution in [0.2, 0.25) is 0 Å². The molecule has 2 nitrogen and oxygen atoms in total. The Labute approximate surface area is 59.2 Å². The first-order chi connectivity index (χ1) is 4.36. The summed E-state index contributed by atoms with van der Waals surface area (Å²) < 4.78 is 9.88. The average molecular weight is 144 g/mol. The lowest BCUT2D eigenvalue weighted by molar-refractivity contribution is 0.298. The molecule has 0 amide bonds. The van der Waals surface area contributed by atoms with E-state index < -0.39 is 0 Å². The van der Waals surface area contributed by atoms with E-state index in [2.05, 4.69) is 12.6 Å². The summed E-state index contributed by atoms with van der Waals surface area (Å²) in [6, 6.07) is 3.61. The molecule has 0 N–H and O–H groups in total. The Morgan fingerprint density at radius 3 is 2.78 bits per heavy atom. The summed E-state index contributed by atoms with van der Waals surface area (Å²) in [6.45, 7) is 0. The highest BCUT2D eigenvalue weighted by atomic mass is 32.1. The standard InChI is InChI=1S/C6H8O2S/c1-7-6-3-2-5(4-9)8-6/h2-3,9H,4H2,1H3. The van der Waals surface area contributed by atoms with E-state index in [-0.39, 0.29) is 0 Å². The minimum Gasteiger partial charge on any atom is -0.468 e. The average Bonchev–Trinajstić information content (AvgIpc) is 2.34. The first kappa shape index (κ1) is 6.55. The molecule has 9 heavy (non-hydrogen) atoms. The molecule has 0 saturated heterocycles. The van der Waals surface area contributed by atoms with Crippen molar-refractivity contribution < 1.29 is 9.15 Å². The Morgan fingerprint density at radius 1 is 1.67 bits per heavy atom. The SMILES string of the molecule is COc1ccc(CS)o1. The van der Waals surface area contributed by atoms with Crippen molar-refractivity contribution in [2.45, 2.75) is 5.75 Å². The fraction of sp³-hybridized carbons (Fsp3) is 0.333. The van der Waals surface area contributed by atoms with Crippen LogP contribution in [0.5, 0.6) is 5.95 Å². The second kappa shape index (κ2) is 2.82. The van der Waals surface area contributed by atoms with E-state index in [1.54, 1.807) is 13.2 Å². The Balaban J connectivity index is 2.74.